The molecule has 0 spiro atoms. The van der Waals surface area contributed by atoms with Gasteiger partial charge in [0.1, 0.15) is 42.4 Å². The predicted molar refractivity (Wildman–Crippen MR) is 147 cm³/mol. The largest absolute Gasteiger partial charge is 0.472 e. The molecule has 3 aliphatic rings. The molecule has 3 fully saturated rings. The third-order valence-electron chi connectivity index (χ3n) is 7.55. The van der Waals surface area contributed by atoms with Crippen molar-refractivity contribution < 1.29 is 51.8 Å². The molecule has 4 N–H and O–H groups in total. The minimum Gasteiger partial charge on any atom is -0.444 e. The van der Waals surface area contributed by atoms with Crippen LogP contribution in [-0.2, 0) is 36.7 Å². The second kappa shape index (κ2) is 10.9. The second-order valence-electron chi connectivity index (χ2n) is 10.5. The maximum Gasteiger partial charge on any atom is 0.472 e. The van der Waals surface area contributed by atoms with Gasteiger partial charge in [-0.1, -0.05) is 12.1 Å². The third kappa shape index (κ3) is 5.27. The van der Waals surface area contributed by atoms with Crippen molar-refractivity contribution in [1.82, 2.24) is 29.1 Å². The van der Waals surface area contributed by atoms with E-state index in [0.29, 0.717) is 11.0 Å². The number of aliphatic hydroxyl groups excluding tert-OH is 2. The van der Waals surface area contributed by atoms with Crippen molar-refractivity contribution in [2.45, 2.75) is 56.0 Å². The summed E-state index contributed by atoms with van der Waals surface area (Å²) < 4.78 is 62.6. The standard InChI is InChI=1S/C23H25BN6O12P2/c1-10-27-20-15(21(33)28-10)26-9-30(20)23-19-16(31)13(39-23)6-38-44(35,36)42-18-14(7-37-43(24,34)41-19)40-22(17(18)32)29-8-25-11-4-2-3-5-12(11)29/h2-5,8-9,13-14,16-19,22-23,31-32H,6-7H2,1H3,(H,35,36)(H,27,28,33)/q-1/t13-,14-,16?,17+,18?,19+,22-,23-,43?/m1/s1. The number of nitrogens with zero attached hydrogens (tertiary/aromatic N) is 5. The smallest absolute Gasteiger partial charge is 0.444 e. The van der Waals surface area contributed by atoms with Crippen LogP contribution in [0.4, 0.5) is 0 Å². The van der Waals surface area contributed by atoms with E-state index in [1.165, 1.54) is 21.8 Å². The molecule has 4 aromatic rings. The van der Waals surface area contributed by atoms with Gasteiger partial charge in [-0.25, -0.2) is 19.5 Å². The summed E-state index contributed by atoms with van der Waals surface area (Å²) in [7, 11) is -3.58. The van der Waals surface area contributed by atoms with Crippen LogP contribution in [0.2, 0.25) is 0 Å². The zero-order valence-electron chi connectivity index (χ0n) is 22.7. The fourth-order valence-corrected chi connectivity index (χ4v) is 7.49. The first kappa shape index (κ1) is 29.9. The lowest BCUT2D eigenvalue weighted by Crippen LogP contribution is -2.36. The zero-order chi connectivity index (χ0) is 31.0. The molecule has 3 saturated heterocycles. The number of nitrogens with one attached hydrogen (secondary N) is 1. The first-order valence-electron chi connectivity index (χ1n) is 13.3. The number of rotatable bonds is 2. The fraction of sp³-hybridized carbons (Fsp3) is 0.478. The first-order valence-corrected chi connectivity index (χ1v) is 16.4. The quantitative estimate of drug-likeness (QED) is 0.168. The summed E-state index contributed by atoms with van der Waals surface area (Å²) in [4.78, 5) is 38.1. The molecule has 3 aliphatic heterocycles. The fourth-order valence-electron chi connectivity index (χ4n) is 5.54. The highest BCUT2D eigenvalue weighted by Crippen LogP contribution is 2.53. The lowest BCUT2D eigenvalue weighted by Gasteiger charge is -2.34. The predicted octanol–water partition coefficient (Wildman–Crippen LogP) is 0.189. The molecule has 0 saturated carbocycles. The van der Waals surface area contributed by atoms with E-state index in [2.05, 4.69) is 19.9 Å². The topological polar surface area (TPSA) is 232 Å². The van der Waals surface area contributed by atoms with Crippen LogP contribution in [0.15, 0.2) is 41.7 Å². The van der Waals surface area contributed by atoms with Crippen molar-refractivity contribution in [1.29, 1.82) is 0 Å². The number of aromatic nitrogens is 6. The van der Waals surface area contributed by atoms with E-state index < -0.39 is 83.1 Å². The molecular formula is C23H25BN6O12P2-. The number of hydrogen-bond donors (Lipinski definition) is 4. The van der Waals surface area contributed by atoms with Crippen LogP contribution in [-0.4, -0.2) is 102 Å². The molecular weight excluding hydrogens is 625 g/mol. The van der Waals surface area contributed by atoms with Gasteiger partial charge in [-0.2, -0.15) is 0 Å². The number of aryl methyl sites for hydroxylation is 1. The van der Waals surface area contributed by atoms with Crippen molar-refractivity contribution in [3.8, 4) is 0 Å². The van der Waals surface area contributed by atoms with Crippen molar-refractivity contribution in [3.63, 3.8) is 0 Å². The van der Waals surface area contributed by atoms with Crippen LogP contribution in [0.25, 0.3) is 22.2 Å². The van der Waals surface area contributed by atoms with E-state index in [1.807, 2.05) is 0 Å². The number of aromatic amines is 1. The summed E-state index contributed by atoms with van der Waals surface area (Å²) in [6.45, 7) is 0.187. The van der Waals surface area contributed by atoms with Gasteiger partial charge in [0, 0.05) is 0 Å². The Hall–Kier alpha value is -2.80. The van der Waals surface area contributed by atoms with Crippen LogP contribution in [0.1, 0.15) is 18.3 Å². The molecule has 0 aliphatic carbocycles. The minimum atomic E-state index is -4.96. The SMILES string of the molecule is [B-]P1(=O)OC[C@H]2O[C@@H](n3cnc4ccccc43)[C@@H](O)C2OP(=O)(O)OC[C@H]2O[C@@H](n3cnc4c(=O)[nH]c(C)nc43)[C@@H](O1)C2O. The van der Waals surface area contributed by atoms with Gasteiger partial charge in [0.05, 0.1) is 44.4 Å². The lowest BCUT2D eigenvalue weighted by atomic mass is 10.1. The van der Waals surface area contributed by atoms with Gasteiger partial charge in [-0.05, 0) is 19.1 Å². The van der Waals surface area contributed by atoms with Crippen LogP contribution in [0, 0.1) is 6.92 Å². The zero-order valence-corrected chi connectivity index (χ0v) is 24.5. The number of aliphatic hydroxyl groups is 2. The van der Waals surface area contributed by atoms with Gasteiger partial charge < -0.3 is 55.3 Å². The molecule has 7 rings (SSSR count). The number of hydrogen-bond acceptors (Lipinski definition) is 14. The molecule has 0 amide bonds. The Morgan fingerprint density at radius 2 is 1.68 bits per heavy atom. The third-order valence-corrected chi connectivity index (χ3v) is 9.58. The Bertz CT molecular complexity index is 1880. The highest BCUT2D eigenvalue weighted by molar-refractivity contribution is 7.79. The molecule has 6 heterocycles. The van der Waals surface area contributed by atoms with Gasteiger partial charge >= 0.3 is 7.82 Å². The number of phosphoric acid groups is 1. The Balaban J connectivity index is 1.21. The highest BCUT2D eigenvalue weighted by atomic mass is 31.2. The van der Waals surface area contributed by atoms with E-state index in [4.69, 9.17) is 35.1 Å². The number of H-pyrrole nitrogens is 1. The normalized spacial score (nSPS) is 38.3. The Morgan fingerprint density at radius 1 is 0.955 bits per heavy atom. The average Bonchev–Trinajstić information content (AvgIpc) is 3.72. The maximum absolute atomic E-state index is 13.4. The number of phosphoric ester groups is 1. The van der Waals surface area contributed by atoms with E-state index in [0.717, 1.165) is 0 Å². The first-order chi connectivity index (χ1) is 20.9. The maximum atomic E-state index is 13.4. The van der Waals surface area contributed by atoms with Crippen LogP contribution < -0.4 is 5.56 Å². The number of ether oxygens (including phenoxy) is 2. The van der Waals surface area contributed by atoms with E-state index in [-0.39, 0.29) is 17.0 Å². The van der Waals surface area contributed by atoms with Crippen molar-refractivity contribution in [3.05, 3.63) is 53.1 Å². The van der Waals surface area contributed by atoms with E-state index >= 15 is 0 Å². The van der Waals surface area contributed by atoms with Crippen molar-refractivity contribution >= 4 is 45.1 Å². The average molecular weight is 650 g/mol. The molecule has 1 aromatic carbocycles. The molecule has 3 radical (unpaired) electrons. The Morgan fingerprint density at radius 3 is 2.50 bits per heavy atom. The molecule has 3 aromatic heterocycles. The molecule has 10 atom stereocenters. The lowest BCUT2D eigenvalue weighted by molar-refractivity contribution is -0.0620. The monoisotopic (exact) mass is 650 g/mol. The van der Waals surface area contributed by atoms with Gasteiger partial charge in [-0.15, -0.1) is 0 Å². The molecule has 18 nitrogen and oxygen atoms in total. The Labute approximate surface area is 248 Å². The van der Waals surface area contributed by atoms with Gasteiger partial charge in [-0.3, -0.25) is 18.4 Å². The molecule has 21 heteroatoms. The van der Waals surface area contributed by atoms with E-state index in [9.17, 15) is 29.0 Å². The number of para-hydroxylation sites is 2. The van der Waals surface area contributed by atoms with Crippen LogP contribution in [0.3, 0.4) is 0 Å². The van der Waals surface area contributed by atoms with Crippen molar-refractivity contribution in [2.24, 2.45) is 0 Å². The molecule has 4 unspecified atom stereocenters. The Kier molecular flexibility index (Phi) is 7.42. The molecule has 44 heavy (non-hydrogen) atoms. The summed E-state index contributed by atoms with van der Waals surface area (Å²) in [5.41, 5.74) is 0.659. The molecule has 2 bridgehead atoms. The molecule has 233 valence electrons. The van der Waals surface area contributed by atoms with Crippen molar-refractivity contribution in [2.75, 3.05) is 13.2 Å². The van der Waals surface area contributed by atoms with E-state index in [1.54, 1.807) is 31.2 Å². The van der Waals surface area contributed by atoms with Gasteiger partial charge in [0.2, 0.25) is 0 Å². The summed E-state index contributed by atoms with van der Waals surface area (Å²) in [6, 6.07) is 7.02. The number of fused-ring (bicyclic) bond motifs is 5. The summed E-state index contributed by atoms with van der Waals surface area (Å²) >= 11 is 0. The second-order valence-corrected chi connectivity index (χ2v) is 13.4. The summed E-state index contributed by atoms with van der Waals surface area (Å²) in [5.74, 6) is 0.254. The number of imidazole rings is 2. The van der Waals surface area contributed by atoms with Gasteiger partial charge in [0.25, 0.3) is 5.56 Å². The minimum absolute atomic E-state index is 0.0507. The van der Waals surface area contributed by atoms with Crippen LogP contribution in [0.5, 0.6) is 0 Å². The highest BCUT2D eigenvalue weighted by Gasteiger charge is 2.52. The number of benzene rings is 1. The summed E-state index contributed by atoms with van der Waals surface area (Å²) in [5, 5.41) is 22.3. The van der Waals surface area contributed by atoms with Crippen LogP contribution >= 0.6 is 15.3 Å². The van der Waals surface area contributed by atoms with Gasteiger partial charge in [0.15, 0.2) is 23.6 Å². The summed E-state index contributed by atoms with van der Waals surface area (Å²) in [6.07, 6.45) is -8.77.